The average Bonchev–Trinajstić information content (AvgIpc) is 2.72. The van der Waals surface area contributed by atoms with E-state index >= 15 is 0 Å². The molecule has 2 atom stereocenters. The number of likely N-dealkylation sites (N-methyl/N-ethyl adjacent to an activating group) is 1. The van der Waals surface area contributed by atoms with Crippen molar-refractivity contribution >= 4 is 15.7 Å². The van der Waals surface area contributed by atoms with Crippen LogP contribution in [0.1, 0.15) is 6.92 Å². The molecule has 0 radical (unpaired) electrons. The minimum absolute atomic E-state index is 0.0987. The van der Waals surface area contributed by atoms with Crippen molar-refractivity contribution in [3.05, 3.63) is 18.5 Å². The lowest BCUT2D eigenvalue weighted by Gasteiger charge is -2.22. The Morgan fingerprint density at radius 3 is 2.63 bits per heavy atom. The highest BCUT2D eigenvalue weighted by Crippen LogP contribution is 2.28. The van der Waals surface area contributed by atoms with E-state index in [2.05, 4.69) is 16.8 Å². The molecule has 2 unspecified atom stereocenters. The van der Waals surface area contributed by atoms with Crippen LogP contribution in [0.25, 0.3) is 0 Å². The van der Waals surface area contributed by atoms with Crippen molar-refractivity contribution in [1.82, 2.24) is 14.2 Å². The normalized spacial score (nSPS) is 25.1. The number of nitrogens with two attached hydrogens (primary N) is 1. The Hall–Kier alpha value is -1.18. The molecule has 0 aromatic carbocycles. The molecule has 2 rings (SSSR count). The molecular weight excluding hydrogens is 264 g/mol. The summed E-state index contributed by atoms with van der Waals surface area (Å²) in [6, 6.07) is 1.74. The first kappa shape index (κ1) is 14.2. The standard InChI is InChI=1S/C12H20N4O2S/c1-9-7-16(8-11(9)15(2)3)19(17,18)12-6-14-5-4-10(12)13/h4-6,9,11H,7-8H2,1-3H3,(H2,13,14). The number of hydrogen-bond donors (Lipinski definition) is 1. The van der Waals surface area contributed by atoms with Crippen LogP contribution >= 0.6 is 0 Å². The van der Waals surface area contributed by atoms with Gasteiger partial charge in [-0.1, -0.05) is 6.92 Å². The predicted octanol–water partition coefficient (Wildman–Crippen LogP) is 0.234. The third-order valence-electron chi connectivity index (χ3n) is 3.64. The lowest BCUT2D eigenvalue weighted by molar-refractivity contribution is 0.263. The first-order valence-corrected chi connectivity index (χ1v) is 7.64. The summed E-state index contributed by atoms with van der Waals surface area (Å²) in [5.74, 6) is 0.294. The topological polar surface area (TPSA) is 79.5 Å². The van der Waals surface area contributed by atoms with Crippen LogP contribution in [-0.4, -0.2) is 55.8 Å². The Morgan fingerprint density at radius 1 is 1.42 bits per heavy atom. The molecule has 1 aromatic heterocycles. The maximum atomic E-state index is 12.6. The highest BCUT2D eigenvalue weighted by Gasteiger charge is 2.38. The van der Waals surface area contributed by atoms with Crippen molar-refractivity contribution in [3.63, 3.8) is 0 Å². The monoisotopic (exact) mass is 284 g/mol. The first-order valence-electron chi connectivity index (χ1n) is 6.20. The Labute approximate surface area is 114 Å². The molecule has 1 fully saturated rings. The highest BCUT2D eigenvalue weighted by molar-refractivity contribution is 7.89. The lowest BCUT2D eigenvalue weighted by atomic mass is 10.1. The van der Waals surface area contributed by atoms with Crippen molar-refractivity contribution in [2.75, 3.05) is 32.9 Å². The first-order chi connectivity index (χ1) is 8.84. The van der Waals surface area contributed by atoms with E-state index in [1.165, 1.54) is 22.8 Å². The van der Waals surface area contributed by atoms with Crippen LogP contribution in [0, 0.1) is 5.92 Å². The lowest BCUT2D eigenvalue weighted by Crippen LogP contribution is -2.36. The Morgan fingerprint density at radius 2 is 2.11 bits per heavy atom. The molecule has 1 saturated heterocycles. The van der Waals surface area contributed by atoms with Crippen molar-refractivity contribution in [2.45, 2.75) is 17.9 Å². The van der Waals surface area contributed by atoms with Gasteiger partial charge in [-0.3, -0.25) is 4.98 Å². The van der Waals surface area contributed by atoms with Crippen LogP contribution in [-0.2, 0) is 10.0 Å². The van der Waals surface area contributed by atoms with E-state index in [4.69, 9.17) is 5.73 Å². The number of anilines is 1. The number of hydrogen-bond acceptors (Lipinski definition) is 5. The molecule has 6 nitrogen and oxygen atoms in total. The van der Waals surface area contributed by atoms with Crippen LogP contribution in [0.15, 0.2) is 23.4 Å². The molecule has 0 saturated carbocycles. The summed E-state index contributed by atoms with van der Waals surface area (Å²) in [6.45, 7) is 3.07. The molecule has 1 aliphatic rings. The van der Waals surface area contributed by atoms with E-state index in [9.17, 15) is 8.42 Å². The van der Waals surface area contributed by atoms with E-state index in [0.29, 0.717) is 19.0 Å². The number of aromatic nitrogens is 1. The summed E-state index contributed by atoms with van der Waals surface area (Å²) < 4.78 is 26.6. The fourth-order valence-corrected chi connectivity index (χ4v) is 4.14. The third-order valence-corrected chi connectivity index (χ3v) is 5.51. The van der Waals surface area contributed by atoms with Gasteiger partial charge in [-0.2, -0.15) is 4.31 Å². The minimum atomic E-state index is -3.55. The number of pyridine rings is 1. The second-order valence-corrected chi connectivity index (χ2v) is 7.15. The number of nitrogen functional groups attached to an aromatic ring is 1. The second kappa shape index (κ2) is 5.07. The fraction of sp³-hybridized carbons (Fsp3) is 0.583. The largest absolute Gasteiger partial charge is 0.398 e. The summed E-state index contributed by atoms with van der Waals surface area (Å²) in [4.78, 5) is 6.02. The molecule has 1 aliphatic heterocycles. The fourth-order valence-electron chi connectivity index (χ4n) is 2.52. The van der Waals surface area contributed by atoms with Crippen molar-refractivity contribution < 1.29 is 8.42 Å². The maximum Gasteiger partial charge on any atom is 0.246 e. The second-order valence-electron chi connectivity index (χ2n) is 5.24. The van der Waals surface area contributed by atoms with Gasteiger partial charge in [0.2, 0.25) is 10.0 Å². The predicted molar refractivity (Wildman–Crippen MR) is 74.0 cm³/mol. The summed E-state index contributed by atoms with van der Waals surface area (Å²) >= 11 is 0. The smallest absolute Gasteiger partial charge is 0.246 e. The zero-order valence-corrected chi connectivity index (χ0v) is 12.3. The van der Waals surface area contributed by atoms with Gasteiger partial charge in [-0.05, 0) is 26.1 Å². The molecule has 1 aromatic rings. The van der Waals surface area contributed by atoms with Gasteiger partial charge < -0.3 is 10.6 Å². The SMILES string of the molecule is CC1CN(S(=O)(=O)c2cnccc2N)CC1N(C)C. The molecule has 19 heavy (non-hydrogen) atoms. The zero-order valence-electron chi connectivity index (χ0n) is 11.4. The minimum Gasteiger partial charge on any atom is -0.398 e. The van der Waals surface area contributed by atoms with E-state index in [1.54, 1.807) is 0 Å². The molecule has 2 heterocycles. The number of rotatable bonds is 3. The Bertz CT molecular complexity index is 559. The van der Waals surface area contributed by atoms with E-state index < -0.39 is 10.0 Å². The number of nitrogens with zero attached hydrogens (tertiary/aromatic N) is 3. The maximum absolute atomic E-state index is 12.6. The van der Waals surface area contributed by atoms with Gasteiger partial charge in [0.1, 0.15) is 4.90 Å². The Balaban J connectivity index is 2.30. The van der Waals surface area contributed by atoms with Crippen LogP contribution < -0.4 is 5.73 Å². The van der Waals surface area contributed by atoms with Gasteiger partial charge in [0.05, 0.1) is 5.69 Å². The molecule has 106 valence electrons. The quantitative estimate of drug-likeness (QED) is 0.860. The van der Waals surface area contributed by atoms with Gasteiger partial charge in [-0.15, -0.1) is 0 Å². The molecule has 7 heteroatoms. The van der Waals surface area contributed by atoms with Crippen molar-refractivity contribution in [2.24, 2.45) is 5.92 Å². The van der Waals surface area contributed by atoms with Crippen LogP contribution in [0.2, 0.25) is 0 Å². The highest BCUT2D eigenvalue weighted by atomic mass is 32.2. The van der Waals surface area contributed by atoms with Gasteiger partial charge in [0, 0.05) is 31.5 Å². The van der Waals surface area contributed by atoms with Gasteiger partial charge in [0.15, 0.2) is 0 Å². The van der Waals surface area contributed by atoms with E-state index in [0.717, 1.165) is 0 Å². The van der Waals surface area contributed by atoms with Gasteiger partial charge >= 0.3 is 0 Å². The van der Waals surface area contributed by atoms with Gasteiger partial charge in [0.25, 0.3) is 0 Å². The average molecular weight is 284 g/mol. The molecule has 2 N–H and O–H groups in total. The summed E-state index contributed by atoms with van der Waals surface area (Å²) in [5, 5.41) is 0. The zero-order chi connectivity index (χ0) is 14.2. The molecule has 0 spiro atoms. The summed E-state index contributed by atoms with van der Waals surface area (Å²) in [6.07, 6.45) is 2.81. The third kappa shape index (κ3) is 2.58. The molecule has 0 aliphatic carbocycles. The van der Waals surface area contributed by atoms with Crippen molar-refractivity contribution in [1.29, 1.82) is 0 Å². The number of sulfonamides is 1. The van der Waals surface area contributed by atoms with Crippen LogP contribution in [0.4, 0.5) is 5.69 Å². The summed E-state index contributed by atoms with van der Waals surface area (Å²) in [7, 11) is 0.386. The van der Waals surface area contributed by atoms with Crippen molar-refractivity contribution in [3.8, 4) is 0 Å². The molecule has 0 amide bonds. The summed E-state index contributed by atoms with van der Waals surface area (Å²) in [5.41, 5.74) is 5.99. The van der Waals surface area contributed by atoms with E-state index in [1.807, 2.05) is 14.1 Å². The molecule has 0 bridgehead atoms. The van der Waals surface area contributed by atoms with E-state index in [-0.39, 0.29) is 16.6 Å². The molecular formula is C12H20N4O2S. The van der Waals surface area contributed by atoms with Crippen LogP contribution in [0.5, 0.6) is 0 Å². The Kier molecular flexibility index (Phi) is 3.80. The van der Waals surface area contributed by atoms with Crippen LogP contribution in [0.3, 0.4) is 0 Å². The van der Waals surface area contributed by atoms with Gasteiger partial charge in [-0.25, -0.2) is 8.42 Å².